The first-order chi connectivity index (χ1) is 18.5. The van der Waals surface area contributed by atoms with E-state index in [1.165, 1.54) is 25.7 Å². The number of aromatic nitrogens is 1. The summed E-state index contributed by atoms with van der Waals surface area (Å²) in [5, 5.41) is 0. The lowest BCUT2D eigenvalue weighted by Crippen LogP contribution is -2.49. The Morgan fingerprint density at radius 2 is 1.58 bits per heavy atom. The molecular weight excluding hydrogens is 472 g/mol. The molecule has 4 unspecified atom stereocenters. The van der Waals surface area contributed by atoms with Crippen LogP contribution in [0, 0.1) is 31.6 Å². The van der Waals surface area contributed by atoms with E-state index in [2.05, 4.69) is 43.9 Å². The summed E-state index contributed by atoms with van der Waals surface area (Å²) in [6.07, 6.45) is 10.8. The molecule has 4 aliphatic rings. The molecule has 2 amide bonds. The van der Waals surface area contributed by atoms with Gasteiger partial charge in [-0.25, -0.2) is 0 Å². The molecule has 2 saturated carbocycles. The molecule has 0 radical (unpaired) electrons. The summed E-state index contributed by atoms with van der Waals surface area (Å²) in [4.78, 5) is 38.5. The molecule has 6 rings (SSSR count). The van der Waals surface area contributed by atoms with Gasteiger partial charge in [-0.15, -0.1) is 0 Å². The second-order valence-electron chi connectivity index (χ2n) is 12.3. The van der Waals surface area contributed by atoms with E-state index in [0.29, 0.717) is 23.8 Å². The van der Waals surface area contributed by atoms with Crippen LogP contribution < -0.4 is 4.90 Å². The van der Waals surface area contributed by atoms with Crippen LogP contribution in [0.25, 0.3) is 0 Å². The molecule has 3 heterocycles. The minimum absolute atomic E-state index is 0.149. The van der Waals surface area contributed by atoms with Crippen molar-refractivity contribution in [2.24, 2.45) is 17.8 Å². The summed E-state index contributed by atoms with van der Waals surface area (Å²) in [5.74, 6) is 1.78. The van der Waals surface area contributed by atoms with Gasteiger partial charge in [0.05, 0.1) is 11.3 Å². The molecule has 2 aliphatic heterocycles. The number of fused-ring (bicyclic) bond motifs is 1. The van der Waals surface area contributed by atoms with Gasteiger partial charge in [-0.05, 0) is 88.0 Å². The van der Waals surface area contributed by atoms with E-state index in [4.69, 9.17) is 0 Å². The Labute approximate surface area is 227 Å². The molecule has 38 heavy (non-hydrogen) atoms. The Morgan fingerprint density at radius 3 is 2.26 bits per heavy atom. The standard InChI is InChI=1S/C32H42N4O2/c1-22-15-16-33-23(2)30(22)32(38)35-20-25-18-34(19-26(25)21-35)28-13-8-14-29(17-28)36(27-11-4-3-5-12-27)31(37)24-9-6-7-10-24/h3-5,11-12,15-16,24-26,28-29H,6-10,13-14,17-21H2,1-2H3. The number of carbonyl (C=O) groups excluding carboxylic acids is 2. The minimum Gasteiger partial charge on any atom is -0.338 e. The third kappa shape index (κ3) is 4.88. The van der Waals surface area contributed by atoms with Crippen molar-refractivity contribution in [3.05, 3.63) is 59.4 Å². The fourth-order valence-corrected chi connectivity index (χ4v) is 7.85. The second-order valence-corrected chi connectivity index (χ2v) is 12.3. The van der Waals surface area contributed by atoms with Crippen molar-refractivity contribution in [2.75, 3.05) is 31.1 Å². The van der Waals surface area contributed by atoms with E-state index < -0.39 is 0 Å². The molecule has 0 spiro atoms. The van der Waals surface area contributed by atoms with Gasteiger partial charge >= 0.3 is 0 Å². The van der Waals surface area contributed by atoms with Crippen LogP contribution in [-0.4, -0.2) is 64.9 Å². The number of amides is 2. The van der Waals surface area contributed by atoms with E-state index in [0.717, 1.165) is 74.4 Å². The fraction of sp³-hybridized carbons (Fsp3) is 0.594. The summed E-state index contributed by atoms with van der Waals surface area (Å²) in [5.41, 5.74) is 3.71. The number of carbonyl (C=O) groups is 2. The summed E-state index contributed by atoms with van der Waals surface area (Å²) in [6.45, 7) is 7.78. The quantitative estimate of drug-likeness (QED) is 0.548. The molecule has 4 atom stereocenters. The topological polar surface area (TPSA) is 56.8 Å². The number of anilines is 1. The predicted molar refractivity (Wildman–Crippen MR) is 150 cm³/mol. The zero-order valence-electron chi connectivity index (χ0n) is 23.0. The Kier molecular flexibility index (Phi) is 7.26. The van der Waals surface area contributed by atoms with E-state index >= 15 is 0 Å². The van der Waals surface area contributed by atoms with Crippen molar-refractivity contribution in [3.63, 3.8) is 0 Å². The molecule has 2 aliphatic carbocycles. The van der Waals surface area contributed by atoms with Crippen LogP contribution in [0.3, 0.4) is 0 Å². The van der Waals surface area contributed by atoms with Gasteiger partial charge in [-0.3, -0.25) is 19.5 Å². The van der Waals surface area contributed by atoms with Crippen LogP contribution in [0.4, 0.5) is 5.69 Å². The van der Waals surface area contributed by atoms with Crippen molar-refractivity contribution in [1.82, 2.24) is 14.8 Å². The predicted octanol–water partition coefficient (Wildman–Crippen LogP) is 5.24. The Morgan fingerprint density at radius 1 is 0.868 bits per heavy atom. The van der Waals surface area contributed by atoms with Crippen molar-refractivity contribution in [3.8, 4) is 0 Å². The van der Waals surface area contributed by atoms with E-state index in [1.54, 1.807) is 6.20 Å². The van der Waals surface area contributed by atoms with Crippen molar-refractivity contribution < 1.29 is 9.59 Å². The highest BCUT2D eigenvalue weighted by Gasteiger charge is 2.45. The zero-order chi connectivity index (χ0) is 26.2. The first kappa shape index (κ1) is 25.5. The SMILES string of the molecule is Cc1ccnc(C)c1C(=O)N1CC2CN(C3CCCC(N(C(=O)C4CCCC4)c4ccccc4)C3)CC2C1. The van der Waals surface area contributed by atoms with Gasteiger partial charge in [-0.1, -0.05) is 31.0 Å². The molecule has 1 aromatic carbocycles. The lowest BCUT2D eigenvalue weighted by Gasteiger charge is -2.42. The van der Waals surface area contributed by atoms with Crippen LogP contribution in [0.1, 0.15) is 73.0 Å². The largest absolute Gasteiger partial charge is 0.338 e. The Bertz CT molecular complexity index is 1130. The zero-order valence-corrected chi connectivity index (χ0v) is 23.0. The summed E-state index contributed by atoms with van der Waals surface area (Å²) in [6, 6.07) is 13.1. The number of rotatable bonds is 5. The van der Waals surface area contributed by atoms with Crippen LogP contribution in [0.15, 0.2) is 42.6 Å². The monoisotopic (exact) mass is 514 g/mol. The van der Waals surface area contributed by atoms with Gasteiger partial charge in [-0.2, -0.15) is 0 Å². The first-order valence-electron chi connectivity index (χ1n) is 14.8. The molecule has 2 saturated heterocycles. The van der Waals surface area contributed by atoms with E-state index in [-0.39, 0.29) is 17.9 Å². The van der Waals surface area contributed by atoms with Gasteiger partial charge in [0.2, 0.25) is 5.91 Å². The number of likely N-dealkylation sites (tertiary alicyclic amines) is 2. The highest BCUT2D eigenvalue weighted by molar-refractivity contribution is 5.97. The molecule has 0 bridgehead atoms. The molecule has 4 fully saturated rings. The molecule has 6 nitrogen and oxygen atoms in total. The van der Waals surface area contributed by atoms with Gasteiger partial charge in [0.25, 0.3) is 5.91 Å². The smallest absolute Gasteiger partial charge is 0.255 e. The highest BCUT2D eigenvalue weighted by Crippen LogP contribution is 2.39. The van der Waals surface area contributed by atoms with Gasteiger partial charge in [0.1, 0.15) is 0 Å². The lowest BCUT2D eigenvalue weighted by molar-refractivity contribution is -0.123. The van der Waals surface area contributed by atoms with Crippen molar-refractivity contribution in [2.45, 2.75) is 77.3 Å². The molecular formula is C32H42N4O2. The summed E-state index contributed by atoms with van der Waals surface area (Å²) < 4.78 is 0. The minimum atomic E-state index is 0.149. The maximum absolute atomic E-state index is 13.8. The Hall–Kier alpha value is -2.73. The molecule has 1 aromatic heterocycles. The molecule has 6 heteroatoms. The third-order valence-corrected chi connectivity index (χ3v) is 9.84. The number of hydrogen-bond donors (Lipinski definition) is 0. The van der Waals surface area contributed by atoms with Gasteiger partial charge in [0, 0.05) is 56.1 Å². The number of hydrogen-bond acceptors (Lipinski definition) is 4. The fourth-order valence-electron chi connectivity index (χ4n) is 7.85. The maximum Gasteiger partial charge on any atom is 0.255 e. The normalized spacial score (nSPS) is 28.0. The Balaban J connectivity index is 1.12. The van der Waals surface area contributed by atoms with E-state index in [1.807, 2.05) is 26.0 Å². The number of aryl methyl sites for hydroxylation is 2. The van der Waals surface area contributed by atoms with Gasteiger partial charge < -0.3 is 9.80 Å². The van der Waals surface area contributed by atoms with Crippen LogP contribution in [-0.2, 0) is 4.79 Å². The number of benzene rings is 1. The molecule has 2 aromatic rings. The molecule has 0 N–H and O–H groups in total. The summed E-state index contributed by atoms with van der Waals surface area (Å²) >= 11 is 0. The molecule has 202 valence electrons. The highest BCUT2D eigenvalue weighted by atomic mass is 16.2. The van der Waals surface area contributed by atoms with Crippen LogP contribution >= 0.6 is 0 Å². The third-order valence-electron chi connectivity index (χ3n) is 9.84. The second kappa shape index (κ2) is 10.8. The van der Waals surface area contributed by atoms with Crippen LogP contribution in [0.2, 0.25) is 0 Å². The van der Waals surface area contributed by atoms with E-state index in [9.17, 15) is 9.59 Å². The van der Waals surface area contributed by atoms with Crippen molar-refractivity contribution >= 4 is 17.5 Å². The number of pyridine rings is 1. The summed E-state index contributed by atoms with van der Waals surface area (Å²) in [7, 11) is 0. The van der Waals surface area contributed by atoms with Gasteiger partial charge in [0.15, 0.2) is 0 Å². The lowest BCUT2D eigenvalue weighted by atomic mass is 9.87. The van der Waals surface area contributed by atoms with Crippen LogP contribution in [0.5, 0.6) is 0 Å². The first-order valence-corrected chi connectivity index (χ1v) is 14.8. The van der Waals surface area contributed by atoms with Crippen molar-refractivity contribution in [1.29, 1.82) is 0 Å². The number of para-hydroxylation sites is 1. The maximum atomic E-state index is 13.8. The average molecular weight is 515 g/mol. The average Bonchev–Trinajstić information content (AvgIpc) is 3.67. The number of nitrogens with zero attached hydrogens (tertiary/aromatic N) is 4.